The van der Waals surface area contributed by atoms with Crippen LogP contribution in [0.1, 0.15) is 0 Å². The molecule has 0 amide bonds. The van der Waals surface area contributed by atoms with E-state index in [-0.39, 0.29) is 0 Å². The van der Waals surface area contributed by atoms with Crippen molar-refractivity contribution >= 4 is 28.1 Å². The molecule has 0 saturated heterocycles. The Bertz CT molecular complexity index is 445. The summed E-state index contributed by atoms with van der Waals surface area (Å²) in [5, 5.41) is 2.22. The van der Waals surface area contributed by atoms with Crippen molar-refractivity contribution in [1.29, 1.82) is 0 Å². The first-order chi connectivity index (χ1) is 6.65. The summed E-state index contributed by atoms with van der Waals surface area (Å²) >= 11 is 1.32. The highest BCUT2D eigenvalue weighted by Gasteiger charge is 2.07. The van der Waals surface area contributed by atoms with Crippen molar-refractivity contribution in [1.82, 2.24) is 15.0 Å². The summed E-state index contributed by atoms with van der Waals surface area (Å²) in [5.74, 6) is 1.04. The van der Waals surface area contributed by atoms with Crippen molar-refractivity contribution in [3.05, 3.63) is 11.4 Å². The number of nitrogen functional groups attached to an aromatic ring is 3. The lowest BCUT2D eigenvalue weighted by Gasteiger charge is -1.98. The van der Waals surface area contributed by atoms with E-state index in [2.05, 4.69) is 15.0 Å². The highest BCUT2D eigenvalue weighted by Crippen LogP contribution is 2.21. The average Bonchev–Trinajstić information content (AvgIpc) is 2.50. The smallest absolute Gasteiger partial charge is 0.183 e. The fraction of sp³-hybridized carbons (Fsp3) is 0. The first-order valence-corrected chi connectivity index (χ1v) is 4.64. The third kappa shape index (κ3) is 1.57. The van der Waals surface area contributed by atoms with E-state index in [4.69, 9.17) is 17.2 Å². The topological polar surface area (TPSA) is 117 Å². The van der Waals surface area contributed by atoms with E-state index in [0.717, 1.165) is 0 Å². The Morgan fingerprint density at radius 2 is 1.64 bits per heavy atom. The third-order valence-corrected chi connectivity index (χ3v) is 2.19. The second-order valence-corrected chi connectivity index (χ2v) is 3.50. The summed E-state index contributed by atoms with van der Waals surface area (Å²) in [7, 11) is 0. The summed E-state index contributed by atoms with van der Waals surface area (Å²) < 4.78 is 0. The van der Waals surface area contributed by atoms with Crippen LogP contribution >= 0.6 is 11.3 Å². The molecule has 0 radical (unpaired) electrons. The number of aromatic nitrogens is 3. The van der Waals surface area contributed by atoms with Gasteiger partial charge >= 0.3 is 0 Å². The van der Waals surface area contributed by atoms with Crippen LogP contribution in [0.15, 0.2) is 11.4 Å². The zero-order valence-corrected chi connectivity index (χ0v) is 7.95. The minimum atomic E-state index is 0.319. The standard InChI is InChI=1S/C7H8N6S/c8-4-1-5(9)13-6(12-4)3-2-14-7(10)11-3/h1-2H,(H2,10,11)(H4,8,9,12,13). The molecular formula is C7H8N6S. The number of hydrogen-bond acceptors (Lipinski definition) is 7. The molecule has 2 rings (SSSR count). The molecule has 2 aromatic rings. The molecule has 0 aliphatic rings. The molecule has 0 saturated carbocycles. The number of nitrogens with zero attached hydrogens (tertiary/aromatic N) is 3. The molecule has 2 heterocycles. The first kappa shape index (κ1) is 8.70. The van der Waals surface area contributed by atoms with Crippen molar-refractivity contribution in [2.75, 3.05) is 17.2 Å². The molecule has 0 spiro atoms. The fourth-order valence-corrected chi connectivity index (χ4v) is 1.53. The maximum atomic E-state index is 5.52. The lowest BCUT2D eigenvalue weighted by Crippen LogP contribution is -2.00. The van der Waals surface area contributed by atoms with Crippen LogP contribution in [-0.4, -0.2) is 15.0 Å². The van der Waals surface area contributed by atoms with Crippen LogP contribution in [0.5, 0.6) is 0 Å². The molecule has 0 fully saturated rings. The highest BCUT2D eigenvalue weighted by atomic mass is 32.1. The minimum absolute atomic E-state index is 0.319. The van der Waals surface area contributed by atoms with Crippen LogP contribution in [0.25, 0.3) is 11.5 Å². The highest BCUT2D eigenvalue weighted by molar-refractivity contribution is 7.13. The Morgan fingerprint density at radius 1 is 1.00 bits per heavy atom. The predicted octanol–water partition coefficient (Wildman–Crippen LogP) is 0.347. The second-order valence-electron chi connectivity index (χ2n) is 2.61. The van der Waals surface area contributed by atoms with Gasteiger partial charge in [0.1, 0.15) is 17.3 Å². The van der Waals surface area contributed by atoms with Gasteiger partial charge in [-0.05, 0) is 0 Å². The molecule has 2 aromatic heterocycles. The zero-order valence-electron chi connectivity index (χ0n) is 7.14. The van der Waals surface area contributed by atoms with Crippen molar-refractivity contribution in [3.63, 3.8) is 0 Å². The fourth-order valence-electron chi connectivity index (χ4n) is 0.990. The van der Waals surface area contributed by atoms with Crippen LogP contribution in [0.2, 0.25) is 0 Å². The van der Waals surface area contributed by atoms with Crippen molar-refractivity contribution in [3.8, 4) is 11.5 Å². The Labute approximate surface area is 83.8 Å². The van der Waals surface area contributed by atoms with E-state index < -0.39 is 0 Å². The van der Waals surface area contributed by atoms with E-state index in [9.17, 15) is 0 Å². The van der Waals surface area contributed by atoms with Gasteiger partial charge in [-0.15, -0.1) is 11.3 Å². The van der Waals surface area contributed by atoms with Crippen LogP contribution < -0.4 is 17.2 Å². The summed E-state index contributed by atoms with van der Waals surface area (Å²) in [6.45, 7) is 0. The SMILES string of the molecule is Nc1cc(N)nc(-c2csc(N)n2)n1. The van der Waals surface area contributed by atoms with Crippen LogP contribution in [0, 0.1) is 0 Å². The number of thiazole rings is 1. The van der Waals surface area contributed by atoms with Crippen molar-refractivity contribution in [2.24, 2.45) is 0 Å². The van der Waals surface area contributed by atoms with Crippen molar-refractivity contribution < 1.29 is 0 Å². The molecule has 6 nitrogen and oxygen atoms in total. The van der Waals surface area contributed by atoms with E-state index in [1.165, 1.54) is 17.4 Å². The Kier molecular flexibility index (Phi) is 1.93. The molecule has 0 aliphatic carbocycles. The number of anilines is 3. The number of nitrogens with two attached hydrogens (primary N) is 3. The van der Waals surface area contributed by atoms with Gasteiger partial charge in [0.2, 0.25) is 0 Å². The summed E-state index contributed by atoms with van der Waals surface area (Å²) in [4.78, 5) is 12.0. The largest absolute Gasteiger partial charge is 0.384 e. The minimum Gasteiger partial charge on any atom is -0.384 e. The summed E-state index contributed by atoms with van der Waals surface area (Å²) in [6.07, 6.45) is 0. The third-order valence-electron chi connectivity index (χ3n) is 1.52. The summed E-state index contributed by atoms with van der Waals surface area (Å²) in [5.41, 5.74) is 17.1. The molecule has 6 N–H and O–H groups in total. The quantitative estimate of drug-likeness (QED) is 0.622. The Morgan fingerprint density at radius 3 is 2.14 bits per heavy atom. The molecule has 0 aromatic carbocycles. The van der Waals surface area contributed by atoms with Gasteiger partial charge in [0.05, 0.1) is 0 Å². The first-order valence-electron chi connectivity index (χ1n) is 3.76. The van der Waals surface area contributed by atoms with Gasteiger partial charge in [0, 0.05) is 11.4 Å². The van der Waals surface area contributed by atoms with Gasteiger partial charge in [-0.25, -0.2) is 15.0 Å². The predicted molar refractivity (Wildman–Crippen MR) is 56.4 cm³/mol. The lowest BCUT2D eigenvalue weighted by atomic mass is 10.4. The maximum absolute atomic E-state index is 5.52. The van der Waals surface area contributed by atoms with Crippen LogP contribution in [-0.2, 0) is 0 Å². The maximum Gasteiger partial charge on any atom is 0.183 e. The van der Waals surface area contributed by atoms with Crippen LogP contribution in [0.3, 0.4) is 0 Å². The second kappa shape index (κ2) is 3.11. The van der Waals surface area contributed by atoms with E-state index in [1.54, 1.807) is 5.38 Å². The van der Waals surface area contributed by atoms with Crippen LogP contribution in [0.4, 0.5) is 16.8 Å². The molecule has 0 unspecified atom stereocenters. The Balaban J connectivity index is 2.51. The summed E-state index contributed by atoms with van der Waals surface area (Å²) in [6, 6.07) is 1.49. The normalized spacial score (nSPS) is 10.3. The van der Waals surface area contributed by atoms with Gasteiger partial charge in [0.15, 0.2) is 11.0 Å². The van der Waals surface area contributed by atoms with E-state index >= 15 is 0 Å². The molecule has 0 atom stereocenters. The molecular weight excluding hydrogens is 200 g/mol. The van der Waals surface area contributed by atoms with Gasteiger partial charge in [-0.3, -0.25) is 0 Å². The van der Waals surface area contributed by atoms with Gasteiger partial charge in [-0.2, -0.15) is 0 Å². The van der Waals surface area contributed by atoms with Crippen molar-refractivity contribution in [2.45, 2.75) is 0 Å². The molecule has 72 valence electrons. The zero-order chi connectivity index (χ0) is 10.1. The van der Waals surface area contributed by atoms with E-state index in [0.29, 0.717) is 28.3 Å². The lowest BCUT2D eigenvalue weighted by molar-refractivity contribution is 1.17. The van der Waals surface area contributed by atoms with Gasteiger partial charge in [0.25, 0.3) is 0 Å². The molecule has 7 heteroatoms. The number of hydrogen-bond donors (Lipinski definition) is 3. The molecule has 14 heavy (non-hydrogen) atoms. The van der Waals surface area contributed by atoms with Gasteiger partial charge in [-0.1, -0.05) is 0 Å². The van der Waals surface area contributed by atoms with E-state index in [1.807, 2.05) is 0 Å². The monoisotopic (exact) mass is 208 g/mol. The molecule has 0 aliphatic heterocycles. The number of rotatable bonds is 1. The van der Waals surface area contributed by atoms with Gasteiger partial charge < -0.3 is 17.2 Å². The Hall–Kier alpha value is -1.89. The average molecular weight is 208 g/mol. The molecule has 0 bridgehead atoms.